The van der Waals surface area contributed by atoms with Gasteiger partial charge in [-0.25, -0.2) is 4.98 Å². The molecule has 0 atom stereocenters. The molecule has 20 heavy (non-hydrogen) atoms. The van der Waals surface area contributed by atoms with Crippen LogP contribution >= 0.6 is 0 Å². The molecule has 0 saturated carbocycles. The molecule has 1 N–H and O–H groups in total. The quantitative estimate of drug-likeness (QED) is 0.747. The molecule has 8 heteroatoms. The lowest BCUT2D eigenvalue weighted by Gasteiger charge is -2.12. The maximum atomic E-state index is 12.7. The number of halogens is 3. The maximum Gasteiger partial charge on any atom is 0.433 e. The monoisotopic (exact) mass is 293 g/mol. The van der Waals surface area contributed by atoms with E-state index in [4.69, 9.17) is 9.47 Å². The highest BCUT2D eigenvalue weighted by Gasteiger charge is 2.34. The van der Waals surface area contributed by atoms with Gasteiger partial charge in [0.25, 0.3) is 0 Å². The fourth-order valence-corrected chi connectivity index (χ4v) is 1.34. The lowest BCUT2D eigenvalue weighted by Crippen LogP contribution is -2.14. The van der Waals surface area contributed by atoms with Gasteiger partial charge >= 0.3 is 6.18 Å². The number of alkyl halides is 3. The van der Waals surface area contributed by atoms with E-state index in [9.17, 15) is 13.2 Å². The summed E-state index contributed by atoms with van der Waals surface area (Å²) in [5.74, 6) is -0.176. The average molecular weight is 293 g/mol. The molecule has 1 heterocycles. The normalized spacial score (nSPS) is 11.4. The van der Waals surface area contributed by atoms with Crippen molar-refractivity contribution >= 4 is 5.95 Å². The van der Waals surface area contributed by atoms with Crippen molar-refractivity contribution in [1.29, 1.82) is 0 Å². The Balaban J connectivity index is 2.80. The second-order valence-corrected chi connectivity index (χ2v) is 4.03. The largest absolute Gasteiger partial charge is 0.477 e. The number of anilines is 1. The van der Waals surface area contributed by atoms with Gasteiger partial charge in [-0.2, -0.15) is 18.2 Å². The molecule has 0 radical (unpaired) electrons. The molecule has 1 rings (SSSR count). The molecule has 5 nitrogen and oxygen atoms in total. The minimum Gasteiger partial charge on any atom is -0.477 e. The Kier molecular flexibility index (Phi) is 6.50. The minimum atomic E-state index is -4.53. The molecule has 0 bridgehead atoms. The van der Waals surface area contributed by atoms with Crippen molar-refractivity contribution in [3.8, 4) is 5.88 Å². The highest BCUT2D eigenvalue weighted by molar-refractivity contribution is 5.31. The zero-order chi connectivity index (χ0) is 15.0. The molecule has 114 valence electrons. The van der Waals surface area contributed by atoms with Crippen LogP contribution in [0.5, 0.6) is 5.88 Å². The van der Waals surface area contributed by atoms with Gasteiger partial charge in [-0.15, -0.1) is 0 Å². The number of nitrogens with one attached hydrogen (secondary N) is 1. The topological polar surface area (TPSA) is 56.3 Å². The Bertz CT molecular complexity index is 413. The standard InChI is InChI=1S/C12H18F3N3O2/c1-3-5-16-11-17-9(12(13,14)15)8-10(18-11)20-7-4-6-19-2/h8H,3-7H2,1-2H3,(H,16,17,18). The predicted octanol–water partition coefficient (Wildman–Crippen LogP) is 2.73. The highest BCUT2D eigenvalue weighted by Crippen LogP contribution is 2.30. The van der Waals surface area contributed by atoms with Gasteiger partial charge in [0.15, 0.2) is 5.69 Å². The number of nitrogens with zero attached hydrogens (tertiary/aromatic N) is 2. The molecule has 0 aliphatic rings. The van der Waals surface area contributed by atoms with Crippen LogP contribution in [0.3, 0.4) is 0 Å². The third-order valence-electron chi connectivity index (χ3n) is 2.27. The average Bonchev–Trinajstić information content (AvgIpc) is 2.40. The maximum absolute atomic E-state index is 12.7. The van der Waals surface area contributed by atoms with Crippen LogP contribution in [0.1, 0.15) is 25.5 Å². The van der Waals surface area contributed by atoms with Crippen molar-refractivity contribution in [3.05, 3.63) is 11.8 Å². The molecule has 0 unspecified atom stereocenters. The number of ether oxygens (including phenoxy) is 2. The minimum absolute atomic E-state index is 0.0802. The Hall–Kier alpha value is -1.57. The molecule has 0 aliphatic carbocycles. The van der Waals surface area contributed by atoms with E-state index in [1.165, 1.54) is 0 Å². The lowest BCUT2D eigenvalue weighted by molar-refractivity contribution is -0.141. The first-order chi connectivity index (χ1) is 9.47. The van der Waals surface area contributed by atoms with Crippen molar-refractivity contribution in [2.24, 2.45) is 0 Å². The lowest BCUT2D eigenvalue weighted by atomic mass is 10.4. The highest BCUT2D eigenvalue weighted by atomic mass is 19.4. The van der Waals surface area contributed by atoms with Gasteiger partial charge in [-0.3, -0.25) is 0 Å². The molecule has 0 saturated heterocycles. The Morgan fingerprint density at radius 1 is 1.25 bits per heavy atom. The number of rotatable bonds is 8. The van der Waals surface area contributed by atoms with E-state index in [0.717, 1.165) is 12.5 Å². The van der Waals surface area contributed by atoms with Gasteiger partial charge in [0.1, 0.15) is 0 Å². The first-order valence-electron chi connectivity index (χ1n) is 6.29. The fourth-order valence-electron chi connectivity index (χ4n) is 1.34. The van der Waals surface area contributed by atoms with Gasteiger partial charge in [-0.1, -0.05) is 6.92 Å². The van der Waals surface area contributed by atoms with Crippen molar-refractivity contribution in [3.63, 3.8) is 0 Å². The molecular formula is C12H18F3N3O2. The van der Waals surface area contributed by atoms with Crippen LogP contribution in [-0.4, -0.2) is 36.8 Å². The van der Waals surface area contributed by atoms with Gasteiger partial charge in [-0.05, 0) is 6.42 Å². The SMILES string of the molecule is CCCNc1nc(OCCCOC)cc(C(F)(F)F)n1. The van der Waals surface area contributed by atoms with Crippen LogP contribution in [0.15, 0.2) is 6.07 Å². The van der Waals surface area contributed by atoms with Crippen molar-refractivity contribution in [1.82, 2.24) is 9.97 Å². The first-order valence-corrected chi connectivity index (χ1v) is 6.29. The predicted molar refractivity (Wildman–Crippen MR) is 67.8 cm³/mol. The molecule has 0 fully saturated rings. The summed E-state index contributed by atoms with van der Waals surface area (Å²) in [6.45, 7) is 3.08. The van der Waals surface area contributed by atoms with E-state index in [-0.39, 0.29) is 18.4 Å². The Morgan fingerprint density at radius 3 is 2.60 bits per heavy atom. The molecular weight excluding hydrogens is 275 g/mol. The smallest absolute Gasteiger partial charge is 0.433 e. The zero-order valence-corrected chi connectivity index (χ0v) is 11.5. The van der Waals surface area contributed by atoms with E-state index in [2.05, 4.69) is 15.3 Å². The summed E-state index contributed by atoms with van der Waals surface area (Å²) in [5.41, 5.74) is -1.02. The van der Waals surface area contributed by atoms with Crippen molar-refractivity contribution < 1.29 is 22.6 Å². The number of hydrogen-bond acceptors (Lipinski definition) is 5. The molecule has 0 amide bonds. The van der Waals surface area contributed by atoms with E-state index in [1.54, 1.807) is 7.11 Å². The van der Waals surface area contributed by atoms with Crippen LogP contribution in [0.4, 0.5) is 19.1 Å². The van der Waals surface area contributed by atoms with Crippen LogP contribution in [0.25, 0.3) is 0 Å². The van der Waals surface area contributed by atoms with E-state index in [1.807, 2.05) is 6.92 Å². The summed E-state index contributed by atoms with van der Waals surface area (Å²) >= 11 is 0. The summed E-state index contributed by atoms with van der Waals surface area (Å²) in [5, 5.41) is 2.72. The summed E-state index contributed by atoms with van der Waals surface area (Å²) < 4.78 is 48.2. The van der Waals surface area contributed by atoms with Crippen LogP contribution in [0, 0.1) is 0 Å². The summed E-state index contributed by atoms with van der Waals surface area (Å²) in [6.07, 6.45) is -3.21. The third kappa shape index (κ3) is 5.60. The summed E-state index contributed by atoms with van der Waals surface area (Å²) in [4.78, 5) is 7.33. The van der Waals surface area contributed by atoms with Crippen LogP contribution in [0.2, 0.25) is 0 Å². The zero-order valence-electron chi connectivity index (χ0n) is 11.5. The third-order valence-corrected chi connectivity index (χ3v) is 2.27. The second kappa shape index (κ2) is 7.88. The molecule has 0 aromatic carbocycles. The van der Waals surface area contributed by atoms with Gasteiger partial charge < -0.3 is 14.8 Å². The van der Waals surface area contributed by atoms with Crippen molar-refractivity contribution in [2.45, 2.75) is 25.9 Å². The first kappa shape index (κ1) is 16.5. The van der Waals surface area contributed by atoms with Gasteiger partial charge in [0.2, 0.25) is 11.8 Å². The summed E-state index contributed by atoms with van der Waals surface area (Å²) in [6, 6.07) is 0.796. The molecule has 1 aromatic heterocycles. The number of hydrogen-bond donors (Lipinski definition) is 1. The van der Waals surface area contributed by atoms with Gasteiger partial charge in [0.05, 0.1) is 6.61 Å². The molecule has 0 spiro atoms. The molecule has 1 aromatic rings. The van der Waals surface area contributed by atoms with E-state index in [0.29, 0.717) is 19.6 Å². The summed E-state index contributed by atoms with van der Waals surface area (Å²) in [7, 11) is 1.54. The van der Waals surface area contributed by atoms with Crippen molar-refractivity contribution in [2.75, 3.05) is 32.2 Å². The van der Waals surface area contributed by atoms with E-state index < -0.39 is 11.9 Å². The fraction of sp³-hybridized carbons (Fsp3) is 0.667. The van der Waals surface area contributed by atoms with E-state index >= 15 is 0 Å². The number of aromatic nitrogens is 2. The number of methoxy groups -OCH3 is 1. The molecule has 0 aliphatic heterocycles. The van der Waals surface area contributed by atoms with Crippen LogP contribution in [-0.2, 0) is 10.9 Å². The second-order valence-electron chi connectivity index (χ2n) is 4.03. The Labute approximate surface area is 115 Å². The van der Waals surface area contributed by atoms with Gasteiger partial charge in [0, 0.05) is 32.7 Å². The van der Waals surface area contributed by atoms with Crippen LogP contribution < -0.4 is 10.1 Å². The Morgan fingerprint density at radius 2 is 2.00 bits per heavy atom.